The minimum atomic E-state index is -1.04. The van der Waals surface area contributed by atoms with Crippen LogP contribution in [-0.4, -0.2) is 39.6 Å². The van der Waals surface area contributed by atoms with Gasteiger partial charge in [0.15, 0.2) is 11.5 Å². The maximum atomic E-state index is 11.5. The van der Waals surface area contributed by atoms with E-state index >= 15 is 0 Å². The molecular formula is C19H17N3O5. The Kier molecular flexibility index (Phi) is 3.54. The van der Waals surface area contributed by atoms with Crippen molar-refractivity contribution in [1.82, 2.24) is 15.0 Å². The molecule has 27 heavy (non-hydrogen) atoms. The summed E-state index contributed by atoms with van der Waals surface area (Å²) in [5.41, 5.74) is 3.57. The van der Waals surface area contributed by atoms with Gasteiger partial charge in [-0.25, -0.2) is 14.8 Å². The highest BCUT2D eigenvalue weighted by atomic mass is 16.9. The molecule has 1 fully saturated rings. The molecule has 0 spiro atoms. The van der Waals surface area contributed by atoms with Crippen LogP contribution in [0, 0.1) is 0 Å². The molecule has 2 N–H and O–H groups in total. The summed E-state index contributed by atoms with van der Waals surface area (Å²) in [6.45, 7) is -0.814. The van der Waals surface area contributed by atoms with E-state index in [1.807, 2.05) is 12.1 Å². The third-order valence-electron chi connectivity index (χ3n) is 5.26. The zero-order valence-corrected chi connectivity index (χ0v) is 14.6. The predicted octanol–water partition coefficient (Wildman–Crippen LogP) is 3.29. The number of carboxylic acids is 1. The molecule has 0 saturated heterocycles. The summed E-state index contributed by atoms with van der Waals surface area (Å²) in [6, 6.07) is 3.93. The predicted molar refractivity (Wildman–Crippen MR) is 94.9 cm³/mol. The van der Waals surface area contributed by atoms with Gasteiger partial charge in [0.05, 0.1) is 11.1 Å². The van der Waals surface area contributed by atoms with E-state index in [0.29, 0.717) is 34.1 Å². The molecule has 1 aliphatic carbocycles. The maximum Gasteiger partial charge on any atom is 0.360 e. The second-order valence-electron chi connectivity index (χ2n) is 6.70. The molecule has 1 atom stereocenters. The van der Waals surface area contributed by atoms with E-state index in [-0.39, 0.29) is 5.56 Å². The first kappa shape index (κ1) is 16.1. The van der Waals surface area contributed by atoms with Crippen LogP contribution >= 0.6 is 0 Å². The zero-order valence-electron chi connectivity index (χ0n) is 14.6. The molecule has 8 heteroatoms. The van der Waals surface area contributed by atoms with E-state index in [4.69, 9.17) is 14.2 Å². The molecule has 2 aliphatic rings. The average molecular weight is 367 g/mol. The molecule has 1 unspecified atom stereocenters. The van der Waals surface area contributed by atoms with Gasteiger partial charge in [0.1, 0.15) is 23.1 Å². The molecule has 1 saturated carbocycles. The normalized spacial score (nSPS) is 18.6. The minimum Gasteiger partial charge on any atom is -0.478 e. The number of aromatic amines is 1. The number of fused-ring (bicyclic) bond motifs is 2. The van der Waals surface area contributed by atoms with Gasteiger partial charge >= 0.3 is 12.4 Å². The fourth-order valence-corrected chi connectivity index (χ4v) is 3.70. The summed E-state index contributed by atoms with van der Waals surface area (Å²) in [6.07, 6.45) is 6.20. The number of aromatic carboxylic acids is 1. The number of nitrogens with one attached hydrogen (secondary N) is 1. The Morgan fingerprint density at radius 2 is 2.15 bits per heavy atom. The number of benzene rings is 1. The monoisotopic (exact) mass is 367 g/mol. The van der Waals surface area contributed by atoms with Gasteiger partial charge in [-0.15, -0.1) is 0 Å². The van der Waals surface area contributed by atoms with E-state index < -0.39 is 12.4 Å². The Morgan fingerprint density at radius 1 is 1.30 bits per heavy atom. The molecule has 0 amide bonds. The Balaban J connectivity index is 1.77. The Bertz CT molecular complexity index is 1060. The first-order valence-corrected chi connectivity index (χ1v) is 8.76. The lowest BCUT2D eigenvalue weighted by atomic mass is 9.77. The molecule has 3 heterocycles. The van der Waals surface area contributed by atoms with Gasteiger partial charge in [-0.3, -0.25) is 0 Å². The van der Waals surface area contributed by atoms with Crippen LogP contribution in [0.15, 0.2) is 24.7 Å². The van der Waals surface area contributed by atoms with Crippen LogP contribution in [0.3, 0.4) is 0 Å². The number of carboxylic acid groups (broad SMARTS) is 1. The summed E-state index contributed by atoms with van der Waals surface area (Å²) >= 11 is 0. The summed E-state index contributed by atoms with van der Waals surface area (Å²) in [5.74, 6) is 0.520. The van der Waals surface area contributed by atoms with Gasteiger partial charge in [0.25, 0.3) is 0 Å². The van der Waals surface area contributed by atoms with Crippen molar-refractivity contribution >= 4 is 17.0 Å². The van der Waals surface area contributed by atoms with E-state index in [0.717, 1.165) is 24.0 Å². The van der Waals surface area contributed by atoms with Crippen molar-refractivity contribution in [3.63, 3.8) is 0 Å². The van der Waals surface area contributed by atoms with Gasteiger partial charge in [-0.05, 0) is 30.4 Å². The lowest BCUT2D eigenvalue weighted by Gasteiger charge is -2.28. The number of H-pyrrole nitrogens is 1. The highest BCUT2D eigenvalue weighted by Crippen LogP contribution is 2.51. The van der Waals surface area contributed by atoms with Crippen molar-refractivity contribution in [2.24, 2.45) is 0 Å². The van der Waals surface area contributed by atoms with Crippen LogP contribution in [-0.2, 0) is 4.74 Å². The quantitative estimate of drug-likeness (QED) is 0.728. The van der Waals surface area contributed by atoms with Crippen LogP contribution in [0.25, 0.3) is 22.3 Å². The third kappa shape index (κ3) is 2.37. The van der Waals surface area contributed by atoms with Gasteiger partial charge < -0.3 is 24.3 Å². The number of rotatable bonds is 4. The number of hydrogen-bond acceptors (Lipinski definition) is 6. The van der Waals surface area contributed by atoms with Gasteiger partial charge in [0.2, 0.25) is 0 Å². The highest BCUT2D eigenvalue weighted by Gasteiger charge is 2.34. The Labute approximate surface area is 154 Å². The fraction of sp³-hybridized carbons (Fsp3) is 0.316. The van der Waals surface area contributed by atoms with E-state index in [2.05, 4.69) is 15.0 Å². The maximum absolute atomic E-state index is 11.5. The van der Waals surface area contributed by atoms with Crippen LogP contribution < -0.4 is 9.47 Å². The van der Waals surface area contributed by atoms with E-state index in [1.165, 1.54) is 26.1 Å². The number of nitrogens with zero attached hydrogens (tertiary/aromatic N) is 2. The summed E-state index contributed by atoms with van der Waals surface area (Å²) in [7, 11) is 1.51. The number of ether oxygens (including phenoxy) is 3. The Hall–Kier alpha value is -3.13. The minimum absolute atomic E-state index is 0.110. The number of carbonyl (C=O) groups is 1. The third-order valence-corrected chi connectivity index (χ3v) is 5.26. The zero-order chi connectivity index (χ0) is 18.5. The van der Waals surface area contributed by atoms with Crippen molar-refractivity contribution in [2.75, 3.05) is 7.11 Å². The van der Waals surface area contributed by atoms with Crippen LogP contribution in [0.4, 0.5) is 0 Å². The first-order chi connectivity index (χ1) is 13.2. The van der Waals surface area contributed by atoms with Gasteiger partial charge in [-0.2, -0.15) is 0 Å². The molecule has 3 aromatic rings. The van der Waals surface area contributed by atoms with E-state index in [1.54, 1.807) is 0 Å². The Morgan fingerprint density at radius 3 is 2.85 bits per heavy atom. The summed E-state index contributed by atoms with van der Waals surface area (Å²) in [4.78, 5) is 23.1. The van der Waals surface area contributed by atoms with Crippen molar-refractivity contribution < 1.29 is 24.1 Å². The molecule has 0 bridgehead atoms. The smallest absolute Gasteiger partial charge is 0.360 e. The van der Waals surface area contributed by atoms with Crippen LogP contribution in [0.5, 0.6) is 11.5 Å². The number of hydrogen-bond donors (Lipinski definition) is 2. The largest absolute Gasteiger partial charge is 0.478 e. The lowest BCUT2D eigenvalue weighted by Crippen LogP contribution is -2.19. The van der Waals surface area contributed by atoms with Crippen LogP contribution in [0.2, 0.25) is 0 Å². The van der Waals surface area contributed by atoms with Crippen molar-refractivity contribution in [1.29, 1.82) is 0 Å². The molecule has 1 aromatic carbocycles. The average Bonchev–Trinajstić information content (AvgIpc) is 3.23. The lowest BCUT2D eigenvalue weighted by molar-refractivity contribution is -0.157. The molecule has 8 nitrogen and oxygen atoms in total. The second kappa shape index (κ2) is 5.95. The van der Waals surface area contributed by atoms with Gasteiger partial charge in [0, 0.05) is 13.3 Å². The first-order valence-electron chi connectivity index (χ1n) is 8.76. The molecular weight excluding hydrogens is 350 g/mol. The number of aromatic nitrogens is 3. The summed E-state index contributed by atoms with van der Waals surface area (Å²) < 4.78 is 16.7. The SMILES string of the molecule is COC1Oc2ccc(C3CCC3)c(-c3ncnc4c(C(=O)O)c[nH]c34)c2O1. The molecule has 138 valence electrons. The van der Waals surface area contributed by atoms with Crippen molar-refractivity contribution in [2.45, 2.75) is 31.7 Å². The van der Waals surface area contributed by atoms with Crippen LogP contribution in [0.1, 0.15) is 41.1 Å². The van der Waals surface area contributed by atoms with Gasteiger partial charge in [-0.1, -0.05) is 12.5 Å². The van der Waals surface area contributed by atoms with E-state index in [9.17, 15) is 9.90 Å². The molecule has 5 rings (SSSR count). The highest BCUT2D eigenvalue weighted by molar-refractivity contribution is 6.05. The fourth-order valence-electron chi connectivity index (χ4n) is 3.70. The molecule has 1 aliphatic heterocycles. The standard InChI is InChI=1S/C19H17N3O5/c1-25-19-26-12-6-5-10(9-3-2-4-9)13(17(12)27-19)15-16-14(21-8-22-15)11(7-20-16)18(23)24/h5-9,19-20H,2-4H2,1H3,(H,23,24). The topological polar surface area (TPSA) is 107 Å². The van der Waals surface area contributed by atoms with Crippen molar-refractivity contribution in [3.05, 3.63) is 35.8 Å². The number of methoxy groups -OCH3 is 1. The summed E-state index contributed by atoms with van der Waals surface area (Å²) in [5, 5.41) is 9.40. The molecule has 0 radical (unpaired) electrons. The van der Waals surface area contributed by atoms with Crippen molar-refractivity contribution in [3.8, 4) is 22.8 Å². The molecule has 2 aromatic heterocycles. The second-order valence-corrected chi connectivity index (χ2v) is 6.70.